The molecule has 32 heavy (non-hydrogen) atoms. The van der Waals surface area contributed by atoms with Gasteiger partial charge in [0.05, 0.1) is 35.9 Å². The van der Waals surface area contributed by atoms with E-state index in [0.29, 0.717) is 17.4 Å². The zero-order valence-corrected chi connectivity index (χ0v) is 21.1. The zero-order valence-electron chi connectivity index (χ0n) is 18.1. The van der Waals surface area contributed by atoms with E-state index in [1.807, 2.05) is 18.4 Å². The first-order chi connectivity index (χ1) is 15.4. The Bertz CT molecular complexity index is 1070. The van der Waals surface area contributed by atoms with Crippen LogP contribution < -0.4 is 5.56 Å². The smallest absolute Gasteiger partial charge is 0.410 e. The number of halogens is 1. The molecule has 1 aliphatic heterocycles. The lowest BCUT2D eigenvalue weighted by atomic mass is 9.94. The molecule has 0 radical (unpaired) electrons. The van der Waals surface area contributed by atoms with Crippen LogP contribution in [0.5, 0.6) is 0 Å². The van der Waals surface area contributed by atoms with Crippen LogP contribution in [0.15, 0.2) is 40.8 Å². The summed E-state index contributed by atoms with van der Waals surface area (Å²) in [4.78, 5) is 45.3. The number of likely N-dealkylation sites (tertiary alicyclic amines) is 1. The van der Waals surface area contributed by atoms with Crippen molar-refractivity contribution in [2.75, 3.05) is 26.5 Å². The van der Waals surface area contributed by atoms with Crippen molar-refractivity contribution in [1.29, 1.82) is 0 Å². The molecule has 0 aliphatic carbocycles. The first-order valence-electron chi connectivity index (χ1n) is 10.2. The third-order valence-corrected chi connectivity index (χ3v) is 7.50. The van der Waals surface area contributed by atoms with E-state index in [0.717, 1.165) is 21.3 Å². The first kappa shape index (κ1) is 24.7. The Labute approximate surface area is 204 Å². The molecule has 1 saturated heterocycles. The van der Waals surface area contributed by atoms with Gasteiger partial charge in [-0.3, -0.25) is 14.2 Å². The number of carbonyl (C=O) groups excluding carboxylic acids is 2. The first-order valence-corrected chi connectivity index (χ1v) is 12.5. The molecular formula is C22H26IN3O5S. The highest BCUT2D eigenvalue weighted by Crippen LogP contribution is 2.26. The SMILES string of the molecule is C=CCOC(=O)N1CCC[C@H](OC)[C@H]1CC(=O)Cn1cnc2cc(I)c(SC)cc2c1=O. The minimum absolute atomic E-state index is 0.0644. The molecule has 1 aliphatic rings. The quantitative estimate of drug-likeness (QED) is 0.272. The Balaban J connectivity index is 1.80. The standard InChI is InChI=1S/C22H26IN3O5S/c1-4-8-31-22(29)26-7-5-6-19(30-2)18(26)9-14(27)12-25-13-24-17-11-16(23)20(32-3)10-15(17)21(25)28/h4,10-11,13,18-19H,1,5-9,12H2,2-3H3/t18-,19+/m1/s1. The van der Waals surface area contributed by atoms with Crippen LogP contribution in [0.4, 0.5) is 4.79 Å². The van der Waals surface area contributed by atoms with Crippen LogP contribution in [0, 0.1) is 3.57 Å². The molecule has 0 saturated carbocycles. The number of ketones is 1. The number of fused-ring (bicyclic) bond motifs is 1. The van der Waals surface area contributed by atoms with Gasteiger partial charge >= 0.3 is 6.09 Å². The van der Waals surface area contributed by atoms with Gasteiger partial charge in [0.25, 0.3) is 5.56 Å². The molecule has 0 bridgehead atoms. The third-order valence-electron chi connectivity index (χ3n) is 5.46. The summed E-state index contributed by atoms with van der Waals surface area (Å²) in [5.41, 5.74) is 0.341. The molecule has 1 amide bonds. The largest absolute Gasteiger partial charge is 0.445 e. The fraction of sp³-hybridized carbons (Fsp3) is 0.455. The third kappa shape index (κ3) is 5.52. The highest BCUT2D eigenvalue weighted by Gasteiger charge is 2.36. The second-order valence-corrected chi connectivity index (χ2v) is 9.48. The molecule has 1 aromatic heterocycles. The van der Waals surface area contributed by atoms with Crippen molar-refractivity contribution < 1.29 is 19.1 Å². The summed E-state index contributed by atoms with van der Waals surface area (Å²) in [5, 5.41) is 0.479. The average molecular weight is 571 g/mol. The van der Waals surface area contributed by atoms with Crippen molar-refractivity contribution in [1.82, 2.24) is 14.5 Å². The fourth-order valence-corrected chi connectivity index (χ4v) is 5.50. The van der Waals surface area contributed by atoms with Crippen molar-refractivity contribution in [2.24, 2.45) is 0 Å². The maximum absolute atomic E-state index is 13.0. The van der Waals surface area contributed by atoms with E-state index in [2.05, 4.69) is 34.2 Å². The van der Waals surface area contributed by atoms with Crippen LogP contribution in [0.3, 0.4) is 0 Å². The van der Waals surface area contributed by atoms with Crippen LogP contribution in [-0.2, 0) is 20.8 Å². The molecule has 3 rings (SSSR count). The maximum Gasteiger partial charge on any atom is 0.410 e. The van der Waals surface area contributed by atoms with Gasteiger partial charge in [0.1, 0.15) is 6.61 Å². The maximum atomic E-state index is 13.0. The van der Waals surface area contributed by atoms with E-state index in [1.165, 1.54) is 17.0 Å². The lowest BCUT2D eigenvalue weighted by molar-refractivity contribution is -0.122. The monoisotopic (exact) mass is 571 g/mol. The molecule has 0 spiro atoms. The van der Waals surface area contributed by atoms with E-state index in [4.69, 9.17) is 9.47 Å². The highest BCUT2D eigenvalue weighted by atomic mass is 127. The summed E-state index contributed by atoms with van der Waals surface area (Å²) in [6, 6.07) is 3.23. The number of hydrogen-bond acceptors (Lipinski definition) is 7. The minimum Gasteiger partial charge on any atom is -0.445 e. The van der Waals surface area contributed by atoms with Gasteiger partial charge in [0.15, 0.2) is 5.78 Å². The van der Waals surface area contributed by atoms with Gasteiger partial charge < -0.3 is 14.4 Å². The molecular weight excluding hydrogens is 545 g/mol. The van der Waals surface area contributed by atoms with E-state index < -0.39 is 12.1 Å². The topological polar surface area (TPSA) is 90.7 Å². The molecule has 2 heterocycles. The van der Waals surface area contributed by atoms with E-state index >= 15 is 0 Å². The molecule has 2 atom stereocenters. The van der Waals surface area contributed by atoms with Gasteiger partial charge in [-0.25, -0.2) is 9.78 Å². The Morgan fingerprint density at radius 1 is 1.41 bits per heavy atom. The fourth-order valence-electron chi connectivity index (χ4n) is 3.90. The van der Waals surface area contributed by atoms with Crippen molar-refractivity contribution in [3.05, 3.63) is 45.0 Å². The Kier molecular flexibility index (Phi) is 8.72. The molecule has 2 aromatic rings. The Morgan fingerprint density at radius 3 is 2.88 bits per heavy atom. The summed E-state index contributed by atoms with van der Waals surface area (Å²) in [7, 11) is 1.57. The molecule has 8 nitrogen and oxygen atoms in total. The number of aromatic nitrogens is 2. The van der Waals surface area contributed by atoms with Crippen LogP contribution in [0.1, 0.15) is 19.3 Å². The van der Waals surface area contributed by atoms with E-state index in [1.54, 1.807) is 23.8 Å². The highest BCUT2D eigenvalue weighted by molar-refractivity contribution is 14.1. The Hall–Kier alpha value is -1.92. The summed E-state index contributed by atoms with van der Waals surface area (Å²) in [6.07, 6.45) is 5.65. The average Bonchev–Trinajstić information content (AvgIpc) is 2.79. The van der Waals surface area contributed by atoms with Crippen LogP contribution in [0.25, 0.3) is 10.9 Å². The van der Waals surface area contributed by atoms with Gasteiger partial charge in [-0.1, -0.05) is 12.7 Å². The number of thioether (sulfide) groups is 1. The lowest BCUT2D eigenvalue weighted by Crippen LogP contribution is -2.53. The number of nitrogens with zero attached hydrogens (tertiary/aromatic N) is 3. The van der Waals surface area contributed by atoms with Gasteiger partial charge in [-0.15, -0.1) is 11.8 Å². The number of ether oxygens (including phenoxy) is 2. The number of hydrogen-bond donors (Lipinski definition) is 0. The molecule has 1 aromatic carbocycles. The van der Waals surface area contributed by atoms with Crippen molar-refractivity contribution in [3.63, 3.8) is 0 Å². The predicted octanol–water partition coefficient (Wildman–Crippen LogP) is 3.48. The number of benzene rings is 1. The number of amides is 1. The van der Waals surface area contributed by atoms with Gasteiger partial charge in [-0.05, 0) is 53.8 Å². The predicted molar refractivity (Wildman–Crippen MR) is 132 cm³/mol. The van der Waals surface area contributed by atoms with Crippen LogP contribution in [0.2, 0.25) is 0 Å². The molecule has 10 heteroatoms. The van der Waals surface area contributed by atoms with Crippen LogP contribution >= 0.6 is 34.4 Å². The van der Waals surface area contributed by atoms with Gasteiger partial charge in [0, 0.05) is 28.5 Å². The van der Waals surface area contributed by atoms with Gasteiger partial charge in [0.2, 0.25) is 0 Å². The zero-order chi connectivity index (χ0) is 23.3. The summed E-state index contributed by atoms with van der Waals surface area (Å²) < 4.78 is 13.1. The van der Waals surface area contributed by atoms with Crippen molar-refractivity contribution in [2.45, 2.75) is 42.8 Å². The summed E-state index contributed by atoms with van der Waals surface area (Å²) >= 11 is 3.77. The number of rotatable bonds is 8. The molecule has 0 N–H and O–H groups in total. The van der Waals surface area contributed by atoms with Crippen LogP contribution in [-0.4, -0.2) is 65.0 Å². The number of Topliss-reactive ketones (excluding diaryl/α,β-unsaturated/α-hetero) is 1. The van der Waals surface area contributed by atoms with E-state index in [-0.39, 0.29) is 37.0 Å². The molecule has 1 fully saturated rings. The number of piperidine rings is 1. The normalized spacial score (nSPS) is 18.5. The van der Waals surface area contributed by atoms with Crippen molar-refractivity contribution in [3.8, 4) is 0 Å². The number of methoxy groups -OCH3 is 1. The van der Waals surface area contributed by atoms with Crippen molar-refractivity contribution >= 4 is 57.1 Å². The number of carbonyl (C=O) groups is 2. The lowest BCUT2D eigenvalue weighted by Gasteiger charge is -2.39. The minimum atomic E-state index is -0.492. The molecule has 0 unspecified atom stereocenters. The van der Waals surface area contributed by atoms with E-state index in [9.17, 15) is 14.4 Å². The molecule has 172 valence electrons. The second kappa shape index (κ2) is 11.3. The van der Waals surface area contributed by atoms with Gasteiger partial charge in [-0.2, -0.15) is 0 Å². The Morgan fingerprint density at radius 2 is 2.19 bits per heavy atom. The second-order valence-electron chi connectivity index (χ2n) is 7.47. The summed E-state index contributed by atoms with van der Waals surface area (Å²) in [6.45, 7) is 4.02. The summed E-state index contributed by atoms with van der Waals surface area (Å²) in [5.74, 6) is -0.181.